The first kappa shape index (κ1) is 22.8. The summed E-state index contributed by atoms with van der Waals surface area (Å²) in [5, 5.41) is 0. The minimum absolute atomic E-state index is 0.106. The highest BCUT2D eigenvalue weighted by molar-refractivity contribution is 5.78. The predicted octanol–water partition coefficient (Wildman–Crippen LogP) is 5.17. The number of aromatic nitrogens is 3. The van der Waals surface area contributed by atoms with Crippen molar-refractivity contribution >= 4 is 11.0 Å². The summed E-state index contributed by atoms with van der Waals surface area (Å²) in [7, 11) is 1.97. The Morgan fingerprint density at radius 1 is 0.970 bits per heavy atom. The van der Waals surface area contributed by atoms with Crippen LogP contribution in [0.2, 0.25) is 0 Å². The molecule has 0 radical (unpaired) electrons. The van der Waals surface area contributed by atoms with Gasteiger partial charge in [0.2, 0.25) is 0 Å². The molecule has 6 heteroatoms. The number of benzene rings is 2. The Bertz CT molecular complexity index is 1310. The van der Waals surface area contributed by atoms with Crippen LogP contribution < -0.4 is 10.3 Å². The molecular weight excluding hydrogens is 414 g/mol. The lowest BCUT2D eigenvalue weighted by atomic mass is 9.99. The molecule has 0 fully saturated rings. The van der Waals surface area contributed by atoms with Gasteiger partial charge in [-0.05, 0) is 42.2 Å². The first-order chi connectivity index (χ1) is 15.7. The van der Waals surface area contributed by atoms with Crippen molar-refractivity contribution in [2.75, 3.05) is 6.61 Å². The van der Waals surface area contributed by atoms with E-state index in [2.05, 4.69) is 27.7 Å². The molecule has 0 bridgehead atoms. The Morgan fingerprint density at radius 3 is 2.42 bits per heavy atom. The van der Waals surface area contributed by atoms with Crippen molar-refractivity contribution in [2.45, 2.75) is 40.9 Å². The molecule has 0 N–H and O–H groups in total. The highest BCUT2D eigenvalue weighted by Gasteiger charge is 2.13. The summed E-state index contributed by atoms with van der Waals surface area (Å²) < 4.78 is 15.3. The van der Waals surface area contributed by atoms with Gasteiger partial charge in [-0.1, -0.05) is 50.6 Å². The lowest BCUT2D eigenvalue weighted by Gasteiger charge is -2.17. The van der Waals surface area contributed by atoms with E-state index in [-0.39, 0.29) is 11.0 Å². The number of hydrogen-bond donors (Lipinski definition) is 0. The highest BCUT2D eigenvalue weighted by atomic mass is 16.5. The molecule has 0 amide bonds. The third-order valence-corrected chi connectivity index (χ3v) is 5.42. The largest absolute Gasteiger partial charge is 0.489 e. The normalized spacial score (nSPS) is 11.8. The van der Waals surface area contributed by atoms with Gasteiger partial charge in [-0.2, -0.15) is 0 Å². The smallest absolute Gasteiger partial charge is 0.258 e. The van der Waals surface area contributed by atoms with Gasteiger partial charge in [0.05, 0.1) is 23.3 Å². The van der Waals surface area contributed by atoms with Crippen LogP contribution >= 0.6 is 0 Å². The van der Waals surface area contributed by atoms with E-state index in [0.717, 1.165) is 28.1 Å². The summed E-state index contributed by atoms with van der Waals surface area (Å²) in [6.07, 6.45) is 1.75. The molecule has 6 nitrogen and oxygen atoms in total. The Labute approximate surface area is 194 Å². The molecule has 172 valence electrons. The molecule has 0 aliphatic heterocycles. The zero-order valence-corrected chi connectivity index (χ0v) is 20.0. The molecule has 0 saturated carbocycles. The fourth-order valence-corrected chi connectivity index (χ4v) is 3.57. The number of imidazole rings is 1. The van der Waals surface area contributed by atoms with Gasteiger partial charge in [0.1, 0.15) is 24.8 Å². The summed E-state index contributed by atoms with van der Waals surface area (Å²) in [6, 6.07) is 17.3. The van der Waals surface area contributed by atoms with Crippen molar-refractivity contribution in [1.82, 2.24) is 14.1 Å². The van der Waals surface area contributed by atoms with Gasteiger partial charge in [-0.15, -0.1) is 0 Å². The molecule has 0 aliphatic rings. The first-order valence-corrected chi connectivity index (χ1v) is 11.1. The van der Waals surface area contributed by atoms with E-state index in [0.29, 0.717) is 25.6 Å². The molecule has 0 unspecified atom stereocenters. The quantitative estimate of drug-likeness (QED) is 0.394. The van der Waals surface area contributed by atoms with Gasteiger partial charge in [-0.3, -0.25) is 9.36 Å². The number of pyridine rings is 1. The van der Waals surface area contributed by atoms with Gasteiger partial charge in [0, 0.05) is 19.3 Å². The van der Waals surface area contributed by atoms with Crippen molar-refractivity contribution < 1.29 is 9.47 Å². The van der Waals surface area contributed by atoms with Gasteiger partial charge in [0.25, 0.3) is 5.56 Å². The lowest BCUT2D eigenvalue weighted by Crippen LogP contribution is -2.16. The van der Waals surface area contributed by atoms with Crippen LogP contribution in [-0.4, -0.2) is 20.7 Å². The second kappa shape index (κ2) is 9.24. The van der Waals surface area contributed by atoms with E-state index < -0.39 is 0 Å². The second-order valence-corrected chi connectivity index (χ2v) is 9.66. The second-order valence-electron chi connectivity index (χ2n) is 9.66. The molecule has 0 saturated heterocycles. The predicted molar refractivity (Wildman–Crippen MR) is 131 cm³/mol. The van der Waals surface area contributed by atoms with E-state index in [9.17, 15) is 4.79 Å². The summed E-state index contributed by atoms with van der Waals surface area (Å²) in [6.45, 7) is 10.0. The van der Waals surface area contributed by atoms with Crippen LogP contribution in [0, 0.1) is 12.3 Å². The van der Waals surface area contributed by atoms with Crippen LogP contribution in [0.4, 0.5) is 0 Å². The van der Waals surface area contributed by atoms with Crippen LogP contribution in [0.15, 0.2) is 65.6 Å². The van der Waals surface area contributed by atoms with E-state index in [4.69, 9.17) is 14.5 Å². The topological polar surface area (TPSA) is 58.3 Å². The Kier molecular flexibility index (Phi) is 6.38. The number of hydrogen-bond acceptors (Lipinski definition) is 4. The molecule has 0 atom stereocenters. The highest BCUT2D eigenvalue weighted by Crippen LogP contribution is 2.21. The molecule has 0 spiro atoms. The minimum atomic E-state index is -0.147. The molecule has 2 heterocycles. The first-order valence-electron chi connectivity index (χ1n) is 11.1. The van der Waals surface area contributed by atoms with Crippen LogP contribution in [0.5, 0.6) is 5.75 Å². The van der Waals surface area contributed by atoms with Gasteiger partial charge < -0.3 is 14.0 Å². The number of ether oxygens (including phenoxy) is 2. The van der Waals surface area contributed by atoms with Crippen LogP contribution in [0.25, 0.3) is 16.7 Å². The van der Waals surface area contributed by atoms with Crippen LogP contribution in [0.3, 0.4) is 0 Å². The number of fused-ring (bicyclic) bond motifs is 1. The zero-order valence-electron chi connectivity index (χ0n) is 20.0. The number of nitrogens with zero attached hydrogens (tertiary/aromatic N) is 3. The van der Waals surface area contributed by atoms with Gasteiger partial charge in [-0.25, -0.2) is 4.98 Å². The third-order valence-electron chi connectivity index (χ3n) is 5.42. The fourth-order valence-electron chi connectivity index (χ4n) is 3.57. The maximum atomic E-state index is 12.8. The third kappa shape index (κ3) is 5.52. The van der Waals surface area contributed by atoms with Crippen LogP contribution in [-0.2, 0) is 25.0 Å². The average molecular weight is 446 g/mol. The molecule has 2 aromatic carbocycles. The summed E-state index contributed by atoms with van der Waals surface area (Å²) in [5.74, 6) is 1.41. The van der Waals surface area contributed by atoms with E-state index >= 15 is 0 Å². The van der Waals surface area contributed by atoms with E-state index in [1.165, 1.54) is 11.6 Å². The molecule has 2 aromatic heterocycles. The van der Waals surface area contributed by atoms with Gasteiger partial charge >= 0.3 is 0 Å². The van der Waals surface area contributed by atoms with E-state index in [1.54, 1.807) is 10.8 Å². The molecule has 33 heavy (non-hydrogen) atoms. The van der Waals surface area contributed by atoms with Crippen molar-refractivity contribution in [3.63, 3.8) is 0 Å². The van der Waals surface area contributed by atoms with Crippen molar-refractivity contribution in [1.29, 1.82) is 0 Å². The van der Waals surface area contributed by atoms with Crippen molar-refractivity contribution in [2.24, 2.45) is 12.5 Å². The molecule has 4 rings (SSSR count). The van der Waals surface area contributed by atoms with Crippen molar-refractivity contribution in [3.05, 3.63) is 88.1 Å². The monoisotopic (exact) mass is 445 g/mol. The van der Waals surface area contributed by atoms with Crippen molar-refractivity contribution in [3.8, 4) is 11.4 Å². The molecular formula is C27H31N3O3. The summed E-state index contributed by atoms with van der Waals surface area (Å²) in [5.41, 5.74) is 4.84. The average Bonchev–Trinajstić information content (AvgIpc) is 3.07. The minimum Gasteiger partial charge on any atom is -0.489 e. The van der Waals surface area contributed by atoms with Gasteiger partial charge in [0.15, 0.2) is 0 Å². The maximum Gasteiger partial charge on any atom is 0.258 e. The molecule has 0 aliphatic carbocycles. The van der Waals surface area contributed by atoms with Crippen LogP contribution in [0.1, 0.15) is 37.7 Å². The zero-order chi connectivity index (χ0) is 23.6. The Balaban J connectivity index is 1.51. The molecule has 4 aromatic rings. The Hall–Kier alpha value is -3.38. The lowest BCUT2D eigenvalue weighted by molar-refractivity contribution is 0.0552. The Morgan fingerprint density at radius 2 is 1.73 bits per heavy atom. The summed E-state index contributed by atoms with van der Waals surface area (Å²) >= 11 is 0. The number of rotatable bonds is 7. The SMILES string of the molecule is Cc1ccc(COc2ccn(-c3ccc4nc(COCC(C)(C)C)n(C)c4c3)c(=O)c2)cc1. The fraction of sp³-hybridized carbons (Fsp3) is 0.333. The number of aryl methyl sites for hydroxylation is 2. The van der Waals surface area contributed by atoms with E-state index in [1.807, 2.05) is 60.1 Å². The maximum absolute atomic E-state index is 12.8. The summed E-state index contributed by atoms with van der Waals surface area (Å²) in [4.78, 5) is 17.5. The standard InChI is InChI=1S/C27H31N3O3/c1-19-6-8-20(9-7-19)16-33-22-12-13-30(26(31)15-22)21-10-11-23-24(14-21)29(5)25(28-23)17-32-18-27(2,3)4/h6-15H,16-18H2,1-5H3.